The highest BCUT2D eigenvalue weighted by Crippen LogP contribution is 2.03. The van der Waals surface area contributed by atoms with Crippen LogP contribution in [0, 0.1) is 0 Å². The molecule has 2 N–H and O–H groups in total. The van der Waals surface area contributed by atoms with Crippen molar-refractivity contribution in [1.82, 2.24) is 19.6 Å². The van der Waals surface area contributed by atoms with Crippen LogP contribution in [0.1, 0.15) is 18.3 Å². The molecule has 2 rings (SSSR count). The highest BCUT2D eigenvalue weighted by atomic mass is 15.3. The number of aryl methyl sites for hydroxylation is 1. The monoisotopic (exact) mass is 177 g/mol. The standard InChI is InChI=1S/C8H11N5/c1-2-6-4-10-8-12-11-7(3-9)13(8)5-6/h4-5H,2-3,9H2,1H3. The lowest BCUT2D eigenvalue weighted by Gasteiger charge is -1.98. The van der Waals surface area contributed by atoms with Crippen molar-refractivity contribution < 1.29 is 0 Å². The average molecular weight is 177 g/mol. The largest absolute Gasteiger partial charge is 0.324 e. The molecule has 0 radical (unpaired) electrons. The molecule has 0 amide bonds. The highest BCUT2D eigenvalue weighted by molar-refractivity contribution is 5.28. The third-order valence-electron chi connectivity index (χ3n) is 1.98. The summed E-state index contributed by atoms with van der Waals surface area (Å²) in [6.07, 6.45) is 4.74. The minimum atomic E-state index is 0.385. The van der Waals surface area contributed by atoms with Crippen molar-refractivity contribution in [3.05, 3.63) is 23.8 Å². The van der Waals surface area contributed by atoms with Gasteiger partial charge in [-0.05, 0) is 12.0 Å². The molecule has 0 fully saturated rings. The highest BCUT2D eigenvalue weighted by Gasteiger charge is 2.03. The fraction of sp³-hybridized carbons (Fsp3) is 0.375. The lowest BCUT2D eigenvalue weighted by molar-refractivity contribution is 0.874. The summed E-state index contributed by atoms with van der Waals surface area (Å²) in [5.74, 6) is 1.36. The molecule has 0 aromatic carbocycles. The van der Waals surface area contributed by atoms with Crippen LogP contribution in [-0.4, -0.2) is 19.6 Å². The summed E-state index contributed by atoms with van der Waals surface area (Å²) < 4.78 is 1.83. The van der Waals surface area contributed by atoms with Crippen LogP contribution in [0.2, 0.25) is 0 Å². The number of aromatic nitrogens is 4. The Hall–Kier alpha value is -1.49. The van der Waals surface area contributed by atoms with E-state index in [9.17, 15) is 0 Å². The quantitative estimate of drug-likeness (QED) is 0.708. The molecule has 2 aromatic rings. The summed E-state index contributed by atoms with van der Waals surface area (Å²) in [7, 11) is 0. The predicted octanol–water partition coefficient (Wildman–Crippen LogP) is 0.145. The smallest absolute Gasteiger partial charge is 0.255 e. The van der Waals surface area contributed by atoms with E-state index in [1.807, 2.05) is 16.8 Å². The van der Waals surface area contributed by atoms with E-state index in [1.165, 1.54) is 0 Å². The lowest BCUT2D eigenvalue weighted by atomic mass is 10.3. The molecule has 0 saturated carbocycles. The number of hydrogen-bond acceptors (Lipinski definition) is 4. The van der Waals surface area contributed by atoms with E-state index in [0.29, 0.717) is 12.3 Å². The van der Waals surface area contributed by atoms with Gasteiger partial charge in [-0.25, -0.2) is 4.98 Å². The lowest BCUT2D eigenvalue weighted by Crippen LogP contribution is -2.03. The maximum Gasteiger partial charge on any atom is 0.255 e. The SMILES string of the molecule is CCc1cnc2nnc(CN)n2c1. The molecule has 0 saturated heterocycles. The second-order valence-corrected chi connectivity index (χ2v) is 2.81. The number of hydrogen-bond donors (Lipinski definition) is 1. The van der Waals surface area contributed by atoms with Gasteiger partial charge in [-0.15, -0.1) is 10.2 Å². The van der Waals surface area contributed by atoms with E-state index in [1.54, 1.807) is 0 Å². The number of rotatable bonds is 2. The summed E-state index contributed by atoms with van der Waals surface area (Å²) >= 11 is 0. The molecule has 0 unspecified atom stereocenters. The van der Waals surface area contributed by atoms with Crippen molar-refractivity contribution >= 4 is 5.78 Å². The van der Waals surface area contributed by atoms with Gasteiger partial charge in [-0.2, -0.15) is 0 Å². The fourth-order valence-corrected chi connectivity index (χ4v) is 1.20. The van der Waals surface area contributed by atoms with Crippen molar-refractivity contribution in [3.63, 3.8) is 0 Å². The first kappa shape index (κ1) is 8.12. The van der Waals surface area contributed by atoms with Crippen LogP contribution in [0.15, 0.2) is 12.4 Å². The maximum absolute atomic E-state index is 5.50. The van der Waals surface area contributed by atoms with E-state index in [2.05, 4.69) is 22.1 Å². The molecule has 13 heavy (non-hydrogen) atoms. The first-order valence-electron chi connectivity index (χ1n) is 4.23. The summed E-state index contributed by atoms with van der Waals surface area (Å²) in [6, 6.07) is 0. The molecular formula is C8H11N5. The minimum Gasteiger partial charge on any atom is -0.324 e. The van der Waals surface area contributed by atoms with Gasteiger partial charge in [-0.3, -0.25) is 4.40 Å². The zero-order valence-corrected chi connectivity index (χ0v) is 7.44. The summed E-state index contributed by atoms with van der Waals surface area (Å²) in [4.78, 5) is 4.15. The predicted molar refractivity (Wildman–Crippen MR) is 48.1 cm³/mol. The zero-order chi connectivity index (χ0) is 9.26. The van der Waals surface area contributed by atoms with E-state index in [4.69, 9.17) is 5.73 Å². The van der Waals surface area contributed by atoms with Crippen LogP contribution in [0.25, 0.3) is 5.78 Å². The first-order chi connectivity index (χ1) is 6.35. The van der Waals surface area contributed by atoms with Crippen LogP contribution >= 0.6 is 0 Å². The maximum atomic E-state index is 5.50. The summed E-state index contributed by atoms with van der Waals surface area (Å²) in [6.45, 7) is 2.46. The van der Waals surface area contributed by atoms with Gasteiger partial charge in [0.2, 0.25) is 0 Å². The average Bonchev–Trinajstić information content (AvgIpc) is 2.59. The number of nitrogens with two attached hydrogens (primary N) is 1. The molecule has 0 aliphatic carbocycles. The van der Waals surface area contributed by atoms with Crippen LogP contribution in [0.4, 0.5) is 0 Å². The normalized spacial score (nSPS) is 10.9. The van der Waals surface area contributed by atoms with Gasteiger partial charge in [0.25, 0.3) is 5.78 Å². The van der Waals surface area contributed by atoms with Crippen LogP contribution < -0.4 is 5.73 Å². The first-order valence-corrected chi connectivity index (χ1v) is 4.23. The third kappa shape index (κ3) is 1.27. The fourth-order valence-electron chi connectivity index (χ4n) is 1.20. The molecule has 2 heterocycles. The Morgan fingerprint density at radius 2 is 2.31 bits per heavy atom. The number of nitrogens with zero attached hydrogens (tertiary/aromatic N) is 4. The Kier molecular flexibility index (Phi) is 1.94. The van der Waals surface area contributed by atoms with Crippen molar-refractivity contribution in [2.75, 3.05) is 0 Å². The summed E-state index contributed by atoms with van der Waals surface area (Å²) in [5.41, 5.74) is 6.66. The van der Waals surface area contributed by atoms with Crippen LogP contribution in [-0.2, 0) is 13.0 Å². The van der Waals surface area contributed by atoms with Gasteiger partial charge >= 0.3 is 0 Å². The van der Waals surface area contributed by atoms with Crippen molar-refractivity contribution in [1.29, 1.82) is 0 Å². The van der Waals surface area contributed by atoms with E-state index < -0.39 is 0 Å². The van der Waals surface area contributed by atoms with Gasteiger partial charge in [0.05, 0.1) is 6.54 Å². The Morgan fingerprint density at radius 1 is 1.46 bits per heavy atom. The van der Waals surface area contributed by atoms with Gasteiger partial charge in [-0.1, -0.05) is 6.92 Å². The van der Waals surface area contributed by atoms with Crippen LogP contribution in [0.3, 0.4) is 0 Å². The molecule has 0 bridgehead atoms. The Bertz CT molecular complexity index is 419. The van der Waals surface area contributed by atoms with Crippen molar-refractivity contribution in [2.45, 2.75) is 19.9 Å². The summed E-state index contributed by atoms with van der Waals surface area (Å²) in [5, 5.41) is 7.80. The van der Waals surface area contributed by atoms with Crippen molar-refractivity contribution in [2.24, 2.45) is 5.73 Å². The van der Waals surface area contributed by atoms with Crippen LogP contribution in [0.5, 0.6) is 0 Å². The van der Waals surface area contributed by atoms with E-state index in [0.717, 1.165) is 17.8 Å². The van der Waals surface area contributed by atoms with Gasteiger partial charge in [0, 0.05) is 12.4 Å². The minimum absolute atomic E-state index is 0.385. The topological polar surface area (TPSA) is 69.1 Å². The van der Waals surface area contributed by atoms with Gasteiger partial charge in [0.15, 0.2) is 5.82 Å². The molecular weight excluding hydrogens is 166 g/mol. The molecule has 5 heteroatoms. The van der Waals surface area contributed by atoms with Gasteiger partial charge < -0.3 is 5.73 Å². The molecule has 68 valence electrons. The second-order valence-electron chi connectivity index (χ2n) is 2.81. The second kappa shape index (κ2) is 3.10. The Labute approximate surface area is 75.6 Å². The molecule has 0 aliphatic heterocycles. The third-order valence-corrected chi connectivity index (χ3v) is 1.98. The molecule has 0 spiro atoms. The molecule has 2 aromatic heterocycles. The van der Waals surface area contributed by atoms with E-state index >= 15 is 0 Å². The molecule has 5 nitrogen and oxygen atoms in total. The molecule has 0 aliphatic rings. The Morgan fingerprint density at radius 3 is 3.00 bits per heavy atom. The number of fused-ring (bicyclic) bond motifs is 1. The van der Waals surface area contributed by atoms with E-state index in [-0.39, 0.29) is 0 Å². The Balaban J connectivity index is 2.64. The zero-order valence-electron chi connectivity index (χ0n) is 7.44. The van der Waals surface area contributed by atoms with Crippen molar-refractivity contribution in [3.8, 4) is 0 Å². The molecule has 0 atom stereocenters. The van der Waals surface area contributed by atoms with Gasteiger partial charge in [0.1, 0.15) is 0 Å².